The molecule has 2 aromatic rings. The molecule has 0 aliphatic heterocycles. The number of hydrogen-bond donors (Lipinski definition) is 1. The van der Waals surface area contributed by atoms with Crippen molar-refractivity contribution in [2.24, 2.45) is 0 Å². The highest BCUT2D eigenvalue weighted by Gasteiger charge is 2.23. The Morgan fingerprint density at radius 1 is 1.14 bits per heavy atom. The van der Waals surface area contributed by atoms with Crippen LogP contribution in [-0.4, -0.2) is 16.2 Å². The summed E-state index contributed by atoms with van der Waals surface area (Å²) in [5, 5.41) is 0. The third-order valence-electron chi connectivity index (χ3n) is 3.99. The van der Waals surface area contributed by atoms with Gasteiger partial charge in [0.05, 0.1) is 10.2 Å². The zero-order chi connectivity index (χ0) is 14.8. The van der Waals surface area contributed by atoms with Crippen molar-refractivity contribution in [3.05, 3.63) is 34.4 Å². The largest absolute Gasteiger partial charge is 0.383 e. The van der Waals surface area contributed by atoms with Crippen LogP contribution < -0.4 is 5.73 Å². The van der Waals surface area contributed by atoms with Crippen LogP contribution in [0.25, 0.3) is 11.4 Å². The maximum Gasteiger partial charge on any atom is 0.161 e. The van der Waals surface area contributed by atoms with Crippen LogP contribution in [0.5, 0.6) is 0 Å². The molecule has 110 valence electrons. The number of hydrogen-bond acceptors (Lipinski definition) is 4. The third kappa shape index (κ3) is 3.09. The zero-order valence-electron chi connectivity index (χ0n) is 12.0. The summed E-state index contributed by atoms with van der Waals surface area (Å²) in [4.78, 5) is 10.5. The molecule has 1 saturated carbocycles. The molecule has 3 nitrogen and oxygen atoms in total. The Morgan fingerprint density at radius 3 is 2.43 bits per heavy atom. The van der Waals surface area contributed by atoms with E-state index in [2.05, 4.69) is 51.4 Å². The molecular formula is C16H18BrN3S. The molecule has 5 heteroatoms. The Kier molecular flexibility index (Phi) is 4.50. The van der Waals surface area contributed by atoms with Crippen LogP contribution >= 0.6 is 27.7 Å². The van der Waals surface area contributed by atoms with Crippen molar-refractivity contribution in [3.63, 3.8) is 0 Å². The van der Waals surface area contributed by atoms with Gasteiger partial charge in [-0.15, -0.1) is 11.8 Å². The van der Waals surface area contributed by atoms with Gasteiger partial charge >= 0.3 is 0 Å². The van der Waals surface area contributed by atoms with Crippen molar-refractivity contribution in [2.75, 3.05) is 12.0 Å². The normalized spacial score (nSPS) is 15.5. The topological polar surface area (TPSA) is 51.8 Å². The highest BCUT2D eigenvalue weighted by Crippen LogP contribution is 2.39. The van der Waals surface area contributed by atoms with Crippen LogP contribution in [0.3, 0.4) is 0 Å². The second-order valence-corrected chi connectivity index (χ2v) is 7.01. The van der Waals surface area contributed by atoms with E-state index in [4.69, 9.17) is 10.7 Å². The average molecular weight is 364 g/mol. The minimum atomic E-state index is 0.508. The maximum atomic E-state index is 6.08. The van der Waals surface area contributed by atoms with Gasteiger partial charge in [0.1, 0.15) is 5.82 Å². The van der Waals surface area contributed by atoms with E-state index in [-0.39, 0.29) is 0 Å². The molecule has 1 aromatic heterocycles. The van der Waals surface area contributed by atoms with Gasteiger partial charge in [0.2, 0.25) is 0 Å². The lowest BCUT2D eigenvalue weighted by molar-refractivity contribution is 0.691. The first-order valence-corrected chi connectivity index (χ1v) is 9.18. The first kappa shape index (κ1) is 14.9. The number of halogens is 1. The number of anilines is 1. The molecule has 0 amide bonds. The number of thioether (sulfide) groups is 1. The van der Waals surface area contributed by atoms with Crippen LogP contribution in [0.2, 0.25) is 0 Å². The minimum absolute atomic E-state index is 0.508. The molecule has 1 aliphatic carbocycles. The van der Waals surface area contributed by atoms with Gasteiger partial charge in [0.15, 0.2) is 5.82 Å². The number of nitrogen functional groups attached to an aromatic ring is 1. The summed E-state index contributed by atoms with van der Waals surface area (Å²) in [5.74, 6) is 1.77. The highest BCUT2D eigenvalue weighted by atomic mass is 79.9. The minimum Gasteiger partial charge on any atom is -0.383 e. The van der Waals surface area contributed by atoms with Crippen LogP contribution in [0, 0.1) is 0 Å². The third-order valence-corrected chi connectivity index (χ3v) is 5.55. The molecule has 2 N–H and O–H groups in total. The van der Waals surface area contributed by atoms with Gasteiger partial charge in [-0.1, -0.05) is 25.0 Å². The van der Waals surface area contributed by atoms with Crippen molar-refractivity contribution in [1.82, 2.24) is 9.97 Å². The van der Waals surface area contributed by atoms with E-state index < -0.39 is 0 Å². The first-order chi connectivity index (χ1) is 10.2. The van der Waals surface area contributed by atoms with E-state index in [1.54, 1.807) is 11.8 Å². The van der Waals surface area contributed by atoms with Gasteiger partial charge in [-0.3, -0.25) is 0 Å². The summed E-state index contributed by atoms with van der Waals surface area (Å²) in [6, 6.07) is 8.31. The molecule has 0 saturated heterocycles. The summed E-state index contributed by atoms with van der Waals surface area (Å²) in [6.45, 7) is 0. The lowest BCUT2D eigenvalue weighted by atomic mass is 10.0. The molecule has 1 aromatic carbocycles. The van der Waals surface area contributed by atoms with Gasteiger partial charge < -0.3 is 5.73 Å². The fraction of sp³-hybridized carbons (Fsp3) is 0.375. The second kappa shape index (κ2) is 6.36. The number of aromatic nitrogens is 2. The van der Waals surface area contributed by atoms with E-state index >= 15 is 0 Å². The Bertz CT molecular complexity index is 637. The lowest BCUT2D eigenvalue weighted by Gasteiger charge is -2.14. The second-order valence-electron chi connectivity index (χ2n) is 5.34. The van der Waals surface area contributed by atoms with Crippen LogP contribution in [0.15, 0.2) is 33.6 Å². The Morgan fingerprint density at radius 2 is 1.81 bits per heavy atom. The first-order valence-electron chi connectivity index (χ1n) is 7.16. The summed E-state index contributed by atoms with van der Waals surface area (Å²) >= 11 is 5.30. The van der Waals surface area contributed by atoms with E-state index in [1.807, 2.05) is 0 Å². The van der Waals surface area contributed by atoms with Gasteiger partial charge in [-0.05, 0) is 47.2 Å². The predicted octanol–water partition coefficient (Wildman–Crippen LogP) is 4.87. The smallest absolute Gasteiger partial charge is 0.161 e. The van der Waals surface area contributed by atoms with Gasteiger partial charge in [0, 0.05) is 16.4 Å². The van der Waals surface area contributed by atoms with Crippen LogP contribution in [-0.2, 0) is 0 Å². The average Bonchev–Trinajstić information content (AvgIpc) is 3.04. The molecule has 0 radical (unpaired) electrons. The van der Waals surface area contributed by atoms with E-state index in [1.165, 1.54) is 30.6 Å². The quantitative estimate of drug-likeness (QED) is 0.790. The predicted molar refractivity (Wildman–Crippen MR) is 92.6 cm³/mol. The van der Waals surface area contributed by atoms with E-state index in [9.17, 15) is 0 Å². The van der Waals surface area contributed by atoms with Crippen LogP contribution in [0.1, 0.15) is 37.3 Å². The molecule has 21 heavy (non-hydrogen) atoms. The number of nitrogens with two attached hydrogens (primary N) is 1. The Hall–Kier alpha value is -1.07. The molecule has 1 fully saturated rings. The zero-order valence-corrected chi connectivity index (χ0v) is 14.4. The molecule has 0 spiro atoms. The monoisotopic (exact) mass is 363 g/mol. The molecule has 1 heterocycles. The summed E-state index contributed by atoms with van der Waals surface area (Å²) in [7, 11) is 0. The molecular weight excluding hydrogens is 346 g/mol. The molecule has 3 rings (SSSR count). The van der Waals surface area contributed by atoms with Crippen molar-refractivity contribution < 1.29 is 0 Å². The molecule has 1 aliphatic rings. The van der Waals surface area contributed by atoms with Gasteiger partial charge in [0.25, 0.3) is 0 Å². The van der Waals surface area contributed by atoms with Gasteiger partial charge in [-0.2, -0.15) is 0 Å². The fourth-order valence-corrected chi connectivity index (χ4v) is 3.73. The molecule has 0 bridgehead atoms. The molecule has 0 atom stereocenters. The van der Waals surface area contributed by atoms with Gasteiger partial charge in [-0.25, -0.2) is 9.97 Å². The number of benzene rings is 1. The fourth-order valence-electron chi connectivity index (χ4n) is 2.82. The standard InChI is InChI=1S/C16H18BrN3S/c1-21-12-8-6-11(7-9-12)16-19-14(10-4-2-3-5-10)13(17)15(18)20-16/h6-10H,2-5H2,1H3,(H2,18,19,20). The van der Waals surface area contributed by atoms with E-state index in [0.717, 1.165) is 21.6 Å². The van der Waals surface area contributed by atoms with Crippen molar-refractivity contribution >= 4 is 33.5 Å². The maximum absolute atomic E-state index is 6.08. The summed E-state index contributed by atoms with van der Waals surface area (Å²) in [5.41, 5.74) is 8.17. The van der Waals surface area contributed by atoms with E-state index in [0.29, 0.717) is 11.7 Å². The number of nitrogens with zero attached hydrogens (tertiary/aromatic N) is 2. The summed E-state index contributed by atoms with van der Waals surface area (Å²) < 4.78 is 0.874. The van der Waals surface area contributed by atoms with Crippen LogP contribution in [0.4, 0.5) is 5.82 Å². The van der Waals surface area contributed by atoms with Crippen molar-refractivity contribution in [3.8, 4) is 11.4 Å². The SMILES string of the molecule is CSc1ccc(-c2nc(N)c(Br)c(C3CCCC3)n2)cc1. The van der Waals surface area contributed by atoms with Crippen molar-refractivity contribution in [1.29, 1.82) is 0 Å². The van der Waals surface area contributed by atoms with Crippen molar-refractivity contribution in [2.45, 2.75) is 36.5 Å². The number of rotatable bonds is 3. The molecule has 0 unspecified atom stereocenters. The summed E-state index contributed by atoms with van der Waals surface area (Å²) in [6.07, 6.45) is 7.01. The highest BCUT2D eigenvalue weighted by molar-refractivity contribution is 9.10. The Balaban J connectivity index is 2.01. The lowest BCUT2D eigenvalue weighted by Crippen LogP contribution is -2.05. The Labute approximate surface area is 137 Å².